The van der Waals surface area contributed by atoms with Crippen molar-refractivity contribution in [1.82, 2.24) is 9.30 Å². The van der Waals surface area contributed by atoms with Crippen LogP contribution in [-0.2, 0) is 4.79 Å². The number of aliphatic carboxylic acids is 1. The van der Waals surface area contributed by atoms with Gasteiger partial charge in [0.1, 0.15) is 17.9 Å². The Hall–Kier alpha value is -3.10. The number of nitrogens with zero attached hydrogens (tertiary/aromatic N) is 2. The number of alkyl halides is 1. The Morgan fingerprint density at radius 3 is 2.75 bits per heavy atom. The van der Waals surface area contributed by atoms with E-state index in [2.05, 4.69) is 5.32 Å². The van der Waals surface area contributed by atoms with E-state index in [-0.39, 0.29) is 18.7 Å². The van der Waals surface area contributed by atoms with Gasteiger partial charge in [-0.2, -0.15) is 0 Å². The molecule has 1 aliphatic heterocycles. The SMILES string of the molecule is NC(=O)c1cc(NC(=O)N2C[C@H](F)C[C@H]2C(=O)O)c2ccccn12. The van der Waals surface area contributed by atoms with E-state index >= 15 is 0 Å². The lowest BCUT2D eigenvalue weighted by atomic mass is 10.2. The first-order chi connectivity index (χ1) is 11.4. The van der Waals surface area contributed by atoms with Crippen LogP contribution >= 0.6 is 0 Å². The number of aromatic nitrogens is 1. The smallest absolute Gasteiger partial charge is 0.326 e. The third-order valence-corrected chi connectivity index (χ3v) is 3.97. The van der Waals surface area contributed by atoms with Gasteiger partial charge in [-0.15, -0.1) is 0 Å². The highest BCUT2D eigenvalue weighted by atomic mass is 19.1. The molecule has 3 amide bonds. The average molecular weight is 334 g/mol. The van der Waals surface area contributed by atoms with Crippen molar-refractivity contribution in [3.63, 3.8) is 0 Å². The number of carboxylic acids is 1. The monoisotopic (exact) mass is 334 g/mol. The summed E-state index contributed by atoms with van der Waals surface area (Å²) in [6.45, 7) is -0.294. The van der Waals surface area contributed by atoms with E-state index < -0.39 is 30.1 Å². The first-order valence-corrected chi connectivity index (χ1v) is 7.23. The van der Waals surface area contributed by atoms with Crippen molar-refractivity contribution in [2.45, 2.75) is 18.6 Å². The molecule has 0 saturated carbocycles. The van der Waals surface area contributed by atoms with Crippen LogP contribution in [0.2, 0.25) is 0 Å². The highest BCUT2D eigenvalue weighted by molar-refractivity contribution is 6.01. The van der Waals surface area contributed by atoms with Crippen LogP contribution in [0.4, 0.5) is 14.9 Å². The predicted octanol–water partition coefficient (Wildman–Crippen LogP) is 1.07. The number of fused-ring (bicyclic) bond motifs is 1. The van der Waals surface area contributed by atoms with Gasteiger partial charge < -0.3 is 25.5 Å². The van der Waals surface area contributed by atoms with E-state index in [1.165, 1.54) is 10.5 Å². The van der Waals surface area contributed by atoms with E-state index in [9.17, 15) is 18.8 Å². The van der Waals surface area contributed by atoms with Crippen molar-refractivity contribution in [2.75, 3.05) is 11.9 Å². The molecule has 4 N–H and O–H groups in total. The van der Waals surface area contributed by atoms with E-state index in [1.54, 1.807) is 24.4 Å². The van der Waals surface area contributed by atoms with Gasteiger partial charge >= 0.3 is 12.0 Å². The van der Waals surface area contributed by atoms with Crippen LogP contribution in [0.1, 0.15) is 16.9 Å². The molecule has 3 heterocycles. The lowest BCUT2D eigenvalue weighted by Crippen LogP contribution is -2.42. The van der Waals surface area contributed by atoms with Crippen molar-refractivity contribution in [2.24, 2.45) is 5.73 Å². The fourth-order valence-corrected chi connectivity index (χ4v) is 2.87. The second kappa shape index (κ2) is 5.84. The summed E-state index contributed by atoms with van der Waals surface area (Å²) >= 11 is 0. The minimum absolute atomic E-state index is 0.167. The minimum Gasteiger partial charge on any atom is -0.480 e. The Bertz CT molecular complexity index is 834. The zero-order valence-corrected chi connectivity index (χ0v) is 12.5. The number of primary amides is 1. The molecule has 0 radical (unpaired) electrons. The number of likely N-dealkylation sites (tertiary alicyclic amines) is 1. The summed E-state index contributed by atoms with van der Waals surface area (Å²) in [6.07, 6.45) is -0.0199. The van der Waals surface area contributed by atoms with Crippen LogP contribution in [0.25, 0.3) is 5.52 Å². The van der Waals surface area contributed by atoms with Crippen LogP contribution in [0, 0.1) is 0 Å². The summed E-state index contributed by atoms with van der Waals surface area (Å²) in [7, 11) is 0. The third-order valence-electron chi connectivity index (χ3n) is 3.97. The number of nitrogens with two attached hydrogens (primary N) is 1. The number of hydrogen-bond acceptors (Lipinski definition) is 3. The lowest BCUT2D eigenvalue weighted by Gasteiger charge is -2.21. The van der Waals surface area contributed by atoms with Gasteiger partial charge in [-0.05, 0) is 18.2 Å². The Morgan fingerprint density at radius 2 is 2.08 bits per heavy atom. The predicted molar refractivity (Wildman–Crippen MR) is 82.6 cm³/mol. The molecule has 0 unspecified atom stereocenters. The van der Waals surface area contributed by atoms with Crippen LogP contribution in [0.5, 0.6) is 0 Å². The molecule has 0 spiro atoms. The van der Waals surface area contributed by atoms with Crippen LogP contribution < -0.4 is 11.1 Å². The van der Waals surface area contributed by atoms with Gasteiger partial charge in [-0.1, -0.05) is 6.07 Å². The molecule has 2 atom stereocenters. The summed E-state index contributed by atoms with van der Waals surface area (Å²) in [5, 5.41) is 11.6. The van der Waals surface area contributed by atoms with Gasteiger partial charge in [0.15, 0.2) is 0 Å². The summed E-state index contributed by atoms with van der Waals surface area (Å²) < 4.78 is 15.0. The zero-order chi connectivity index (χ0) is 17.4. The number of hydrogen-bond donors (Lipinski definition) is 3. The van der Waals surface area contributed by atoms with Crippen LogP contribution in [-0.4, -0.2) is 51.1 Å². The zero-order valence-electron chi connectivity index (χ0n) is 12.5. The molecule has 8 nitrogen and oxygen atoms in total. The topological polar surface area (TPSA) is 117 Å². The van der Waals surface area contributed by atoms with Gasteiger partial charge in [0.05, 0.1) is 17.7 Å². The number of anilines is 1. The quantitative estimate of drug-likeness (QED) is 0.778. The number of carbonyl (C=O) groups is 3. The fraction of sp³-hybridized carbons (Fsp3) is 0.267. The third kappa shape index (κ3) is 2.64. The van der Waals surface area contributed by atoms with Gasteiger partial charge in [-0.3, -0.25) is 4.79 Å². The number of carboxylic acid groups (broad SMARTS) is 1. The maximum absolute atomic E-state index is 13.5. The second-order valence-electron chi connectivity index (χ2n) is 5.53. The lowest BCUT2D eigenvalue weighted by molar-refractivity contribution is -0.141. The van der Waals surface area contributed by atoms with Crippen molar-refractivity contribution >= 4 is 29.1 Å². The molecule has 1 aliphatic rings. The normalized spacial score (nSPS) is 20.3. The Kier molecular flexibility index (Phi) is 3.84. The van der Waals surface area contributed by atoms with Gasteiger partial charge in [0, 0.05) is 12.6 Å². The molecule has 1 fully saturated rings. The second-order valence-corrected chi connectivity index (χ2v) is 5.53. The van der Waals surface area contributed by atoms with Crippen molar-refractivity contribution < 1.29 is 23.9 Å². The molecular formula is C15H15FN4O4. The number of halogens is 1. The fourth-order valence-electron chi connectivity index (χ4n) is 2.87. The number of carbonyl (C=O) groups excluding carboxylic acids is 2. The van der Waals surface area contributed by atoms with Crippen molar-refractivity contribution in [3.8, 4) is 0 Å². The average Bonchev–Trinajstić information content (AvgIpc) is 3.09. The molecule has 24 heavy (non-hydrogen) atoms. The molecule has 0 bridgehead atoms. The molecule has 2 aromatic heterocycles. The van der Waals surface area contributed by atoms with Crippen LogP contribution in [0.15, 0.2) is 30.5 Å². The molecule has 3 rings (SSSR count). The van der Waals surface area contributed by atoms with Gasteiger partial charge in [0.25, 0.3) is 5.91 Å². The van der Waals surface area contributed by atoms with Crippen molar-refractivity contribution in [1.29, 1.82) is 0 Å². The maximum atomic E-state index is 13.5. The Balaban J connectivity index is 1.91. The van der Waals surface area contributed by atoms with E-state index in [1.807, 2.05) is 0 Å². The highest BCUT2D eigenvalue weighted by Gasteiger charge is 2.40. The molecule has 1 saturated heterocycles. The molecule has 0 aromatic carbocycles. The number of pyridine rings is 1. The maximum Gasteiger partial charge on any atom is 0.326 e. The van der Waals surface area contributed by atoms with E-state index in [0.29, 0.717) is 11.2 Å². The molecular weight excluding hydrogens is 319 g/mol. The summed E-state index contributed by atoms with van der Waals surface area (Å²) in [6, 6.07) is 4.51. The summed E-state index contributed by atoms with van der Waals surface area (Å²) in [5.41, 5.74) is 6.29. The minimum atomic E-state index is -1.39. The number of amides is 3. The largest absolute Gasteiger partial charge is 0.480 e. The Labute approximate surface area is 135 Å². The summed E-state index contributed by atoms with van der Waals surface area (Å²) in [5.74, 6) is -1.94. The van der Waals surface area contributed by atoms with E-state index in [4.69, 9.17) is 10.8 Å². The molecule has 126 valence electrons. The molecule has 0 aliphatic carbocycles. The number of urea groups is 1. The standard InChI is InChI=1S/C15H15FN4O4/c16-8-5-12(14(22)23)20(7-8)15(24)18-9-6-11(13(17)21)19-4-2-1-3-10(9)19/h1-4,6,8,12H,5,7H2,(H2,17,21)(H,18,24)(H,22,23)/t8-,12+/m1/s1. The first kappa shape index (κ1) is 15.8. The van der Waals surface area contributed by atoms with Crippen LogP contribution in [0.3, 0.4) is 0 Å². The van der Waals surface area contributed by atoms with E-state index in [0.717, 1.165) is 4.90 Å². The first-order valence-electron chi connectivity index (χ1n) is 7.23. The highest BCUT2D eigenvalue weighted by Crippen LogP contribution is 2.25. The molecule has 2 aromatic rings. The number of nitrogens with one attached hydrogen (secondary N) is 1. The van der Waals surface area contributed by atoms with Crippen molar-refractivity contribution in [3.05, 3.63) is 36.2 Å². The van der Waals surface area contributed by atoms with Gasteiger partial charge in [0.2, 0.25) is 0 Å². The van der Waals surface area contributed by atoms with Gasteiger partial charge in [-0.25, -0.2) is 14.0 Å². The Morgan fingerprint density at radius 1 is 1.33 bits per heavy atom. The summed E-state index contributed by atoms with van der Waals surface area (Å²) in [4.78, 5) is 36.0. The molecule has 9 heteroatoms. The number of rotatable bonds is 3.